The molecular weight excluding hydrogens is 252 g/mol. The summed E-state index contributed by atoms with van der Waals surface area (Å²) in [5.41, 5.74) is 6.50. The second-order valence-corrected chi connectivity index (χ2v) is 5.25. The van der Waals surface area contributed by atoms with Crippen molar-refractivity contribution >= 4 is 5.57 Å². The van der Waals surface area contributed by atoms with E-state index in [-0.39, 0.29) is 0 Å². The Morgan fingerprint density at radius 3 is 1.95 bits per heavy atom. The van der Waals surface area contributed by atoms with Crippen molar-refractivity contribution in [2.75, 3.05) is 0 Å². The standard InChI is InChI=1S/C21H15/c1-3-9-16(10-4-1)20-15-21(17-11-5-2-6-12-17)19-14-8-7-13-18(19)20/h1-15H/q+1. The van der Waals surface area contributed by atoms with Crippen molar-refractivity contribution < 1.29 is 0 Å². The van der Waals surface area contributed by atoms with Crippen molar-refractivity contribution in [1.29, 1.82) is 0 Å². The van der Waals surface area contributed by atoms with Gasteiger partial charge in [0.15, 0.2) is 0 Å². The van der Waals surface area contributed by atoms with E-state index in [2.05, 4.69) is 91.0 Å². The lowest BCUT2D eigenvalue weighted by molar-refractivity contribution is 1.31. The van der Waals surface area contributed by atoms with Crippen molar-refractivity contribution in [3.63, 3.8) is 0 Å². The summed E-state index contributed by atoms with van der Waals surface area (Å²) >= 11 is 0. The lowest BCUT2D eigenvalue weighted by Crippen LogP contribution is -1.95. The molecule has 0 unspecified atom stereocenters. The van der Waals surface area contributed by atoms with Crippen molar-refractivity contribution in [1.82, 2.24) is 0 Å². The van der Waals surface area contributed by atoms with Crippen LogP contribution in [-0.4, -0.2) is 0 Å². The molecular formula is C21H15+. The predicted molar refractivity (Wildman–Crippen MR) is 87.9 cm³/mol. The Morgan fingerprint density at radius 2 is 1.19 bits per heavy atom. The van der Waals surface area contributed by atoms with Crippen LogP contribution in [-0.2, 0) is 0 Å². The molecule has 0 fully saturated rings. The van der Waals surface area contributed by atoms with Gasteiger partial charge in [0, 0.05) is 11.6 Å². The first-order chi connectivity index (χ1) is 10.4. The van der Waals surface area contributed by atoms with Gasteiger partial charge < -0.3 is 0 Å². The van der Waals surface area contributed by atoms with Gasteiger partial charge in [-0.15, -0.1) is 0 Å². The lowest BCUT2D eigenvalue weighted by Gasteiger charge is -2.04. The Hall–Kier alpha value is -2.73. The van der Waals surface area contributed by atoms with Crippen LogP contribution in [0.2, 0.25) is 0 Å². The van der Waals surface area contributed by atoms with E-state index in [1.807, 2.05) is 0 Å². The Bertz CT molecular complexity index is 783. The molecule has 0 amide bonds. The maximum Gasteiger partial charge on any atom is 0.0789 e. The molecule has 0 atom stereocenters. The average molecular weight is 267 g/mol. The van der Waals surface area contributed by atoms with E-state index in [0.29, 0.717) is 0 Å². The van der Waals surface area contributed by atoms with Crippen LogP contribution in [0, 0.1) is 5.92 Å². The second-order valence-electron chi connectivity index (χ2n) is 5.25. The van der Waals surface area contributed by atoms with Gasteiger partial charge in [-0.1, -0.05) is 18.2 Å². The Labute approximate surface area is 125 Å². The summed E-state index contributed by atoms with van der Waals surface area (Å²) in [4.78, 5) is 0. The molecule has 0 saturated carbocycles. The van der Waals surface area contributed by atoms with Crippen LogP contribution in [0.4, 0.5) is 0 Å². The molecule has 0 heterocycles. The third-order valence-electron chi connectivity index (χ3n) is 3.97. The molecule has 0 bridgehead atoms. The van der Waals surface area contributed by atoms with Gasteiger partial charge in [0.25, 0.3) is 0 Å². The van der Waals surface area contributed by atoms with Gasteiger partial charge in [-0.2, -0.15) is 0 Å². The molecule has 0 saturated heterocycles. The molecule has 0 aromatic heterocycles. The fraction of sp³-hybridized carbons (Fsp3) is 0. The number of fused-ring (bicyclic) bond motifs is 1. The highest BCUT2D eigenvalue weighted by Crippen LogP contribution is 2.41. The van der Waals surface area contributed by atoms with Crippen LogP contribution in [0.1, 0.15) is 22.3 Å². The molecule has 3 aromatic carbocycles. The summed E-state index contributed by atoms with van der Waals surface area (Å²) in [6.45, 7) is 0. The molecule has 3 aromatic rings. The fourth-order valence-electron chi connectivity index (χ4n) is 2.97. The summed E-state index contributed by atoms with van der Waals surface area (Å²) in [6.07, 6.45) is 2.31. The molecule has 0 radical (unpaired) electrons. The van der Waals surface area contributed by atoms with E-state index in [1.165, 1.54) is 33.7 Å². The minimum Gasteiger partial charge on any atom is -0.0622 e. The third kappa shape index (κ3) is 2.05. The number of hydrogen-bond donors (Lipinski definition) is 0. The molecule has 1 aliphatic carbocycles. The number of allylic oxidation sites excluding steroid dienone is 1. The van der Waals surface area contributed by atoms with Crippen molar-refractivity contribution in [2.24, 2.45) is 0 Å². The molecule has 0 aliphatic heterocycles. The smallest absolute Gasteiger partial charge is 0.0622 e. The van der Waals surface area contributed by atoms with Crippen LogP contribution in [0.3, 0.4) is 0 Å². The molecule has 1 aliphatic rings. The van der Waals surface area contributed by atoms with E-state index < -0.39 is 0 Å². The average Bonchev–Trinajstić information content (AvgIpc) is 2.96. The second kappa shape index (κ2) is 4.99. The van der Waals surface area contributed by atoms with E-state index in [0.717, 1.165) is 0 Å². The maximum absolute atomic E-state index is 2.31. The Kier molecular flexibility index (Phi) is 2.86. The van der Waals surface area contributed by atoms with E-state index in [1.54, 1.807) is 0 Å². The largest absolute Gasteiger partial charge is 0.0789 e. The summed E-state index contributed by atoms with van der Waals surface area (Å²) in [5, 5.41) is 0. The van der Waals surface area contributed by atoms with Gasteiger partial charge in [-0.3, -0.25) is 0 Å². The summed E-state index contributed by atoms with van der Waals surface area (Å²) in [5.74, 6) is 1.31. The van der Waals surface area contributed by atoms with Crippen LogP contribution in [0.25, 0.3) is 5.57 Å². The highest BCUT2D eigenvalue weighted by atomic mass is 14.3. The predicted octanol–water partition coefficient (Wildman–Crippen LogP) is 5.10. The van der Waals surface area contributed by atoms with Crippen molar-refractivity contribution in [2.45, 2.75) is 0 Å². The van der Waals surface area contributed by atoms with Crippen LogP contribution in [0.15, 0.2) is 91.0 Å². The number of rotatable bonds is 2. The molecule has 4 rings (SSSR count). The highest BCUT2D eigenvalue weighted by Gasteiger charge is 2.31. The Morgan fingerprint density at radius 1 is 0.571 bits per heavy atom. The monoisotopic (exact) mass is 267 g/mol. The Balaban J connectivity index is 1.89. The molecule has 98 valence electrons. The summed E-state index contributed by atoms with van der Waals surface area (Å²) in [6, 6.07) is 29.9. The molecule has 0 spiro atoms. The zero-order valence-corrected chi connectivity index (χ0v) is 11.7. The minimum atomic E-state index is 1.27. The van der Waals surface area contributed by atoms with Crippen LogP contribution < -0.4 is 0 Å². The van der Waals surface area contributed by atoms with Crippen LogP contribution >= 0.6 is 0 Å². The maximum atomic E-state index is 2.31. The lowest BCUT2D eigenvalue weighted by atomic mass is 9.93. The van der Waals surface area contributed by atoms with Gasteiger partial charge in [-0.25, -0.2) is 0 Å². The first-order valence-electron chi connectivity index (χ1n) is 7.23. The van der Waals surface area contributed by atoms with Gasteiger partial charge in [0.1, 0.15) is 0 Å². The van der Waals surface area contributed by atoms with E-state index in [9.17, 15) is 0 Å². The highest BCUT2D eigenvalue weighted by molar-refractivity contribution is 5.90. The minimum absolute atomic E-state index is 1.27. The molecule has 0 N–H and O–H groups in total. The zero-order valence-electron chi connectivity index (χ0n) is 11.7. The van der Waals surface area contributed by atoms with Gasteiger partial charge in [0.05, 0.1) is 28.2 Å². The first-order valence-corrected chi connectivity index (χ1v) is 7.23. The quantitative estimate of drug-likeness (QED) is 0.566. The zero-order chi connectivity index (χ0) is 14.1. The SMILES string of the molecule is C1=C(c2ccccc2)c2ccccc2[C+]1c1ccccc1. The first kappa shape index (κ1) is 12.0. The van der Waals surface area contributed by atoms with Crippen LogP contribution in [0.5, 0.6) is 0 Å². The molecule has 0 heteroatoms. The topological polar surface area (TPSA) is 0 Å². The fourth-order valence-corrected chi connectivity index (χ4v) is 2.97. The van der Waals surface area contributed by atoms with E-state index in [4.69, 9.17) is 0 Å². The summed E-state index contributed by atoms with van der Waals surface area (Å²) < 4.78 is 0. The van der Waals surface area contributed by atoms with Gasteiger partial charge in [0.2, 0.25) is 0 Å². The normalized spacial score (nSPS) is 13.0. The van der Waals surface area contributed by atoms with Gasteiger partial charge in [-0.05, 0) is 66.7 Å². The number of benzene rings is 3. The third-order valence-corrected chi connectivity index (χ3v) is 3.97. The summed E-state index contributed by atoms with van der Waals surface area (Å²) in [7, 11) is 0. The number of hydrogen-bond acceptors (Lipinski definition) is 0. The van der Waals surface area contributed by atoms with Gasteiger partial charge >= 0.3 is 0 Å². The molecule has 0 nitrogen and oxygen atoms in total. The van der Waals surface area contributed by atoms with Crippen molar-refractivity contribution in [3.05, 3.63) is 119 Å². The molecule has 21 heavy (non-hydrogen) atoms. The van der Waals surface area contributed by atoms with Crippen molar-refractivity contribution in [3.8, 4) is 0 Å². The van der Waals surface area contributed by atoms with E-state index >= 15 is 0 Å².